The van der Waals surface area contributed by atoms with E-state index in [1.54, 1.807) is 0 Å². The predicted molar refractivity (Wildman–Crippen MR) is 48.1 cm³/mol. The van der Waals surface area contributed by atoms with Gasteiger partial charge in [-0.1, -0.05) is 6.92 Å². The van der Waals surface area contributed by atoms with Crippen LogP contribution >= 0.6 is 0 Å². The summed E-state index contributed by atoms with van der Waals surface area (Å²) in [5, 5.41) is 3.27. The Bertz CT molecular complexity index is 268. The minimum atomic E-state index is 0.636. The van der Waals surface area contributed by atoms with Crippen molar-refractivity contribution in [2.24, 2.45) is 0 Å². The Balaban J connectivity index is 2.08. The number of nitrogens with zero attached hydrogens (tertiary/aromatic N) is 2. The smallest absolute Gasteiger partial charge is 0.223 e. The van der Waals surface area contributed by atoms with E-state index < -0.39 is 0 Å². The molecule has 1 aromatic heterocycles. The Morgan fingerprint density at radius 3 is 3.08 bits per heavy atom. The van der Waals surface area contributed by atoms with Crippen LogP contribution in [0.5, 0.6) is 0 Å². The molecule has 1 aliphatic rings. The van der Waals surface area contributed by atoms with Crippen molar-refractivity contribution in [1.82, 2.24) is 9.97 Å². The highest BCUT2D eigenvalue weighted by atomic mass is 15.1. The van der Waals surface area contributed by atoms with Crippen LogP contribution in [0.15, 0.2) is 12.3 Å². The molecule has 0 unspecified atom stereocenters. The molecule has 0 spiro atoms. The Hall–Kier alpha value is -1.12. The van der Waals surface area contributed by atoms with Gasteiger partial charge in [0.1, 0.15) is 0 Å². The van der Waals surface area contributed by atoms with E-state index in [2.05, 4.69) is 22.2 Å². The van der Waals surface area contributed by atoms with Crippen molar-refractivity contribution >= 4 is 5.95 Å². The van der Waals surface area contributed by atoms with E-state index in [1.807, 2.05) is 12.3 Å². The Morgan fingerprint density at radius 2 is 2.42 bits per heavy atom. The zero-order chi connectivity index (χ0) is 8.39. The fraction of sp³-hybridized carbons (Fsp3) is 0.556. The SMILES string of the molecule is CCc1ccnc(NC2CC2)n1. The molecule has 1 saturated carbocycles. The molecule has 3 nitrogen and oxygen atoms in total. The van der Waals surface area contributed by atoms with Crippen LogP contribution in [0.25, 0.3) is 0 Å². The predicted octanol–water partition coefficient (Wildman–Crippen LogP) is 1.61. The molecule has 3 heteroatoms. The first-order valence-corrected chi connectivity index (χ1v) is 4.47. The molecule has 1 heterocycles. The molecule has 2 rings (SSSR count). The molecular formula is C9H13N3. The second-order valence-corrected chi connectivity index (χ2v) is 3.14. The van der Waals surface area contributed by atoms with E-state index >= 15 is 0 Å². The summed E-state index contributed by atoms with van der Waals surface area (Å²) in [5.41, 5.74) is 1.10. The second kappa shape index (κ2) is 3.09. The lowest BCUT2D eigenvalue weighted by molar-refractivity contribution is 0.974. The molecule has 0 aromatic carbocycles. The topological polar surface area (TPSA) is 37.8 Å². The minimum absolute atomic E-state index is 0.636. The third kappa shape index (κ3) is 1.72. The van der Waals surface area contributed by atoms with E-state index in [4.69, 9.17) is 0 Å². The summed E-state index contributed by atoms with van der Waals surface area (Å²) in [7, 11) is 0. The standard InChI is InChI=1S/C9H13N3/c1-2-7-5-6-10-9(11-7)12-8-3-4-8/h5-6,8H,2-4H2,1H3,(H,10,11,12). The summed E-state index contributed by atoms with van der Waals surface area (Å²) < 4.78 is 0. The van der Waals surface area contributed by atoms with Gasteiger partial charge in [0.15, 0.2) is 0 Å². The van der Waals surface area contributed by atoms with E-state index in [1.165, 1.54) is 12.8 Å². The molecule has 12 heavy (non-hydrogen) atoms. The molecule has 0 aliphatic heterocycles. The summed E-state index contributed by atoms with van der Waals surface area (Å²) in [4.78, 5) is 8.49. The second-order valence-electron chi connectivity index (χ2n) is 3.14. The highest BCUT2D eigenvalue weighted by Crippen LogP contribution is 2.22. The van der Waals surface area contributed by atoms with Gasteiger partial charge in [-0.15, -0.1) is 0 Å². The zero-order valence-electron chi connectivity index (χ0n) is 7.25. The molecular weight excluding hydrogens is 150 g/mol. The Kier molecular flexibility index (Phi) is 1.94. The van der Waals surface area contributed by atoms with Crippen molar-refractivity contribution in [2.45, 2.75) is 32.2 Å². The van der Waals surface area contributed by atoms with Crippen molar-refractivity contribution in [3.8, 4) is 0 Å². The van der Waals surface area contributed by atoms with Gasteiger partial charge in [0.25, 0.3) is 0 Å². The number of aromatic nitrogens is 2. The molecule has 0 bridgehead atoms. The number of rotatable bonds is 3. The molecule has 1 N–H and O–H groups in total. The third-order valence-corrected chi connectivity index (χ3v) is 1.99. The highest BCUT2D eigenvalue weighted by molar-refractivity contribution is 5.28. The summed E-state index contributed by atoms with van der Waals surface area (Å²) in [6, 6.07) is 2.59. The summed E-state index contributed by atoms with van der Waals surface area (Å²) >= 11 is 0. The average molecular weight is 163 g/mol. The first-order chi connectivity index (χ1) is 5.88. The maximum atomic E-state index is 4.35. The summed E-state index contributed by atoms with van der Waals surface area (Å²) in [6.07, 6.45) is 5.32. The fourth-order valence-electron chi connectivity index (χ4n) is 1.07. The van der Waals surface area contributed by atoms with Gasteiger partial charge in [0.2, 0.25) is 5.95 Å². The molecule has 0 saturated heterocycles. The van der Waals surface area contributed by atoms with Crippen LogP contribution in [-0.2, 0) is 6.42 Å². The molecule has 0 atom stereocenters. The lowest BCUT2D eigenvalue weighted by Crippen LogP contribution is -2.05. The molecule has 1 aliphatic carbocycles. The molecule has 0 amide bonds. The van der Waals surface area contributed by atoms with E-state index in [0.29, 0.717) is 6.04 Å². The fourth-order valence-corrected chi connectivity index (χ4v) is 1.07. The molecule has 64 valence electrons. The van der Waals surface area contributed by atoms with Crippen LogP contribution in [-0.4, -0.2) is 16.0 Å². The summed E-state index contributed by atoms with van der Waals surface area (Å²) in [6.45, 7) is 2.10. The van der Waals surface area contributed by atoms with Crippen molar-refractivity contribution in [2.75, 3.05) is 5.32 Å². The van der Waals surface area contributed by atoms with Crippen LogP contribution in [0.4, 0.5) is 5.95 Å². The van der Waals surface area contributed by atoms with Crippen molar-refractivity contribution in [3.63, 3.8) is 0 Å². The number of hydrogen-bond donors (Lipinski definition) is 1. The highest BCUT2D eigenvalue weighted by Gasteiger charge is 2.21. The zero-order valence-corrected chi connectivity index (χ0v) is 7.25. The summed E-state index contributed by atoms with van der Waals surface area (Å²) in [5.74, 6) is 0.789. The van der Waals surface area contributed by atoms with Crippen LogP contribution in [0.2, 0.25) is 0 Å². The molecule has 1 aromatic rings. The van der Waals surface area contributed by atoms with Crippen LogP contribution in [0.1, 0.15) is 25.5 Å². The number of nitrogens with one attached hydrogen (secondary N) is 1. The average Bonchev–Trinajstić information content (AvgIpc) is 2.89. The normalized spacial score (nSPS) is 16.1. The van der Waals surface area contributed by atoms with Crippen molar-refractivity contribution in [1.29, 1.82) is 0 Å². The van der Waals surface area contributed by atoms with Gasteiger partial charge in [0.05, 0.1) is 0 Å². The van der Waals surface area contributed by atoms with Gasteiger partial charge in [-0.3, -0.25) is 0 Å². The molecule has 0 radical (unpaired) electrons. The molecule has 1 fully saturated rings. The quantitative estimate of drug-likeness (QED) is 0.735. The van der Waals surface area contributed by atoms with E-state index in [9.17, 15) is 0 Å². The van der Waals surface area contributed by atoms with E-state index in [-0.39, 0.29) is 0 Å². The number of anilines is 1. The van der Waals surface area contributed by atoms with Crippen LogP contribution in [0.3, 0.4) is 0 Å². The number of aryl methyl sites for hydroxylation is 1. The van der Waals surface area contributed by atoms with Crippen LogP contribution < -0.4 is 5.32 Å². The monoisotopic (exact) mass is 163 g/mol. The Labute approximate surface area is 72.2 Å². The maximum absolute atomic E-state index is 4.35. The lowest BCUT2D eigenvalue weighted by Gasteiger charge is -2.02. The van der Waals surface area contributed by atoms with E-state index in [0.717, 1.165) is 18.1 Å². The number of hydrogen-bond acceptors (Lipinski definition) is 3. The van der Waals surface area contributed by atoms with Gasteiger partial charge in [-0.2, -0.15) is 0 Å². The van der Waals surface area contributed by atoms with Gasteiger partial charge >= 0.3 is 0 Å². The first kappa shape index (κ1) is 7.53. The van der Waals surface area contributed by atoms with Gasteiger partial charge < -0.3 is 5.32 Å². The van der Waals surface area contributed by atoms with Crippen molar-refractivity contribution < 1.29 is 0 Å². The first-order valence-electron chi connectivity index (χ1n) is 4.47. The third-order valence-electron chi connectivity index (χ3n) is 1.99. The van der Waals surface area contributed by atoms with Gasteiger partial charge in [-0.25, -0.2) is 9.97 Å². The van der Waals surface area contributed by atoms with Gasteiger partial charge in [0, 0.05) is 17.9 Å². The largest absolute Gasteiger partial charge is 0.351 e. The van der Waals surface area contributed by atoms with Gasteiger partial charge in [-0.05, 0) is 25.3 Å². The Morgan fingerprint density at radius 1 is 1.58 bits per heavy atom. The van der Waals surface area contributed by atoms with Crippen LogP contribution in [0, 0.1) is 0 Å². The maximum Gasteiger partial charge on any atom is 0.223 e. The minimum Gasteiger partial charge on any atom is -0.351 e. The lowest BCUT2D eigenvalue weighted by atomic mass is 10.3. The van der Waals surface area contributed by atoms with Crippen molar-refractivity contribution in [3.05, 3.63) is 18.0 Å².